The summed E-state index contributed by atoms with van der Waals surface area (Å²) in [5, 5.41) is 7.15. The van der Waals surface area contributed by atoms with Gasteiger partial charge in [0.1, 0.15) is 0 Å². The molecule has 3 rings (SSSR count). The van der Waals surface area contributed by atoms with Crippen LogP contribution < -0.4 is 5.32 Å². The molecule has 2 heteroatoms. The summed E-state index contributed by atoms with van der Waals surface area (Å²) >= 11 is 1.86. The summed E-state index contributed by atoms with van der Waals surface area (Å²) in [5.74, 6) is 0.768. The molecule has 0 spiro atoms. The van der Waals surface area contributed by atoms with Gasteiger partial charge in [0.2, 0.25) is 0 Å². The minimum absolute atomic E-state index is 0.768. The lowest BCUT2D eigenvalue weighted by Crippen LogP contribution is -2.26. The molecule has 0 unspecified atom stereocenters. The quantitative estimate of drug-likeness (QED) is 0.789. The summed E-state index contributed by atoms with van der Waals surface area (Å²) in [7, 11) is 0. The number of nitrogens with one attached hydrogen (secondary N) is 1. The van der Waals surface area contributed by atoms with E-state index in [0.29, 0.717) is 0 Å². The van der Waals surface area contributed by atoms with E-state index in [1.165, 1.54) is 47.1 Å². The van der Waals surface area contributed by atoms with Gasteiger partial charge in [0.15, 0.2) is 0 Å². The van der Waals surface area contributed by atoms with Crippen molar-refractivity contribution < 1.29 is 0 Å². The lowest BCUT2D eigenvalue weighted by atomic mass is 9.89. The van der Waals surface area contributed by atoms with Gasteiger partial charge < -0.3 is 5.32 Å². The second-order valence-corrected chi connectivity index (χ2v) is 5.61. The normalized spacial score (nSPS) is 18.1. The SMILES string of the molecule is Cc1csc2ccc(C3CCNCC3)cc12. The molecule has 2 heterocycles. The molecule has 2 aromatic rings. The predicted molar refractivity (Wildman–Crippen MR) is 71.4 cm³/mol. The molecule has 1 saturated heterocycles. The zero-order valence-corrected chi connectivity index (χ0v) is 10.4. The van der Waals surface area contributed by atoms with Crippen LogP contribution in [0, 0.1) is 6.92 Å². The Morgan fingerprint density at radius 3 is 2.88 bits per heavy atom. The molecule has 1 nitrogen and oxygen atoms in total. The van der Waals surface area contributed by atoms with Crippen molar-refractivity contribution in [3.8, 4) is 0 Å². The first-order valence-electron chi connectivity index (χ1n) is 6.03. The minimum Gasteiger partial charge on any atom is -0.317 e. The van der Waals surface area contributed by atoms with Crippen LogP contribution in [0.15, 0.2) is 23.6 Å². The molecular weight excluding hydrogens is 214 g/mol. The van der Waals surface area contributed by atoms with Crippen molar-refractivity contribution in [3.05, 3.63) is 34.7 Å². The minimum atomic E-state index is 0.768. The van der Waals surface area contributed by atoms with Crippen molar-refractivity contribution in [3.63, 3.8) is 0 Å². The third-order valence-corrected chi connectivity index (χ3v) is 4.68. The number of hydrogen-bond acceptors (Lipinski definition) is 2. The van der Waals surface area contributed by atoms with E-state index in [9.17, 15) is 0 Å². The molecule has 1 N–H and O–H groups in total. The van der Waals surface area contributed by atoms with Crippen LogP contribution in [0.4, 0.5) is 0 Å². The molecule has 0 atom stereocenters. The van der Waals surface area contributed by atoms with Crippen molar-refractivity contribution in [1.82, 2.24) is 5.32 Å². The third kappa shape index (κ3) is 1.76. The fourth-order valence-electron chi connectivity index (χ4n) is 2.58. The summed E-state index contributed by atoms with van der Waals surface area (Å²) in [5.41, 5.74) is 2.96. The lowest BCUT2D eigenvalue weighted by molar-refractivity contribution is 0.460. The van der Waals surface area contributed by atoms with E-state index >= 15 is 0 Å². The van der Waals surface area contributed by atoms with Crippen molar-refractivity contribution in [1.29, 1.82) is 0 Å². The van der Waals surface area contributed by atoms with Crippen LogP contribution in [0.5, 0.6) is 0 Å². The van der Waals surface area contributed by atoms with Crippen LogP contribution in [-0.2, 0) is 0 Å². The maximum atomic E-state index is 3.43. The van der Waals surface area contributed by atoms with Gasteiger partial charge in [0, 0.05) is 4.70 Å². The Kier molecular flexibility index (Phi) is 2.70. The number of fused-ring (bicyclic) bond motifs is 1. The van der Waals surface area contributed by atoms with Gasteiger partial charge in [-0.05, 0) is 72.8 Å². The topological polar surface area (TPSA) is 12.0 Å². The van der Waals surface area contributed by atoms with Crippen LogP contribution in [0.3, 0.4) is 0 Å². The van der Waals surface area contributed by atoms with Gasteiger partial charge in [-0.25, -0.2) is 0 Å². The highest BCUT2D eigenvalue weighted by atomic mass is 32.1. The summed E-state index contributed by atoms with van der Waals surface area (Å²) in [6.45, 7) is 4.56. The second-order valence-electron chi connectivity index (χ2n) is 4.70. The summed E-state index contributed by atoms with van der Waals surface area (Å²) < 4.78 is 1.43. The number of benzene rings is 1. The van der Waals surface area contributed by atoms with Crippen molar-refractivity contribution in [2.24, 2.45) is 0 Å². The average Bonchev–Trinajstić information content (AvgIpc) is 2.72. The zero-order chi connectivity index (χ0) is 11.0. The molecule has 16 heavy (non-hydrogen) atoms. The molecule has 1 aromatic heterocycles. The van der Waals surface area contributed by atoms with E-state index in [4.69, 9.17) is 0 Å². The zero-order valence-electron chi connectivity index (χ0n) is 9.62. The molecule has 84 valence electrons. The van der Waals surface area contributed by atoms with E-state index in [1.807, 2.05) is 11.3 Å². The van der Waals surface area contributed by atoms with Crippen molar-refractivity contribution in [2.75, 3.05) is 13.1 Å². The summed E-state index contributed by atoms with van der Waals surface area (Å²) in [6, 6.07) is 7.04. The van der Waals surface area contributed by atoms with Crippen LogP contribution in [0.2, 0.25) is 0 Å². The Balaban J connectivity index is 1.99. The van der Waals surface area contributed by atoms with Gasteiger partial charge in [-0.15, -0.1) is 11.3 Å². The van der Waals surface area contributed by atoms with Crippen LogP contribution in [0.1, 0.15) is 29.9 Å². The van der Waals surface area contributed by atoms with E-state index in [-0.39, 0.29) is 0 Å². The molecule has 0 saturated carbocycles. The van der Waals surface area contributed by atoms with Gasteiger partial charge in [0.25, 0.3) is 0 Å². The van der Waals surface area contributed by atoms with Gasteiger partial charge in [-0.2, -0.15) is 0 Å². The highest BCUT2D eigenvalue weighted by Crippen LogP contribution is 2.31. The lowest BCUT2D eigenvalue weighted by Gasteiger charge is -2.23. The third-order valence-electron chi connectivity index (χ3n) is 3.60. The number of piperidine rings is 1. The van der Waals surface area contributed by atoms with Crippen molar-refractivity contribution in [2.45, 2.75) is 25.7 Å². The van der Waals surface area contributed by atoms with Gasteiger partial charge in [-0.1, -0.05) is 6.07 Å². The maximum absolute atomic E-state index is 3.43. The van der Waals surface area contributed by atoms with Gasteiger partial charge >= 0.3 is 0 Å². The number of hydrogen-bond donors (Lipinski definition) is 1. The first kappa shape index (κ1) is 10.3. The highest BCUT2D eigenvalue weighted by molar-refractivity contribution is 7.17. The summed E-state index contributed by atoms with van der Waals surface area (Å²) in [6.07, 6.45) is 2.57. The molecule has 0 aliphatic carbocycles. The van der Waals surface area contributed by atoms with E-state index in [2.05, 4.69) is 35.8 Å². The van der Waals surface area contributed by atoms with Crippen molar-refractivity contribution >= 4 is 21.4 Å². The van der Waals surface area contributed by atoms with Gasteiger partial charge in [-0.3, -0.25) is 0 Å². The molecule has 0 bridgehead atoms. The molecule has 1 aliphatic heterocycles. The Hall–Kier alpha value is -0.860. The highest BCUT2D eigenvalue weighted by Gasteiger charge is 2.15. The first-order chi connectivity index (χ1) is 7.84. The fourth-order valence-corrected chi connectivity index (χ4v) is 3.51. The van der Waals surface area contributed by atoms with E-state index in [0.717, 1.165) is 5.92 Å². The largest absolute Gasteiger partial charge is 0.317 e. The smallest absolute Gasteiger partial charge is 0.0345 e. The van der Waals surface area contributed by atoms with Crippen LogP contribution in [-0.4, -0.2) is 13.1 Å². The average molecular weight is 231 g/mol. The van der Waals surface area contributed by atoms with Gasteiger partial charge in [0.05, 0.1) is 0 Å². The molecule has 1 aromatic carbocycles. The van der Waals surface area contributed by atoms with Crippen LogP contribution in [0.25, 0.3) is 10.1 Å². The maximum Gasteiger partial charge on any atom is 0.0345 e. The fraction of sp³-hybridized carbons (Fsp3) is 0.429. The second kappa shape index (κ2) is 4.19. The first-order valence-corrected chi connectivity index (χ1v) is 6.91. The number of rotatable bonds is 1. The number of thiophene rings is 1. The summed E-state index contributed by atoms with van der Waals surface area (Å²) in [4.78, 5) is 0. The Morgan fingerprint density at radius 2 is 2.06 bits per heavy atom. The molecule has 0 amide bonds. The molecule has 1 fully saturated rings. The predicted octanol–water partition coefficient (Wildman–Crippen LogP) is 3.68. The monoisotopic (exact) mass is 231 g/mol. The Labute approximate surface area is 100 Å². The van der Waals surface area contributed by atoms with Crippen LogP contribution >= 0.6 is 11.3 Å². The molecule has 1 aliphatic rings. The standard InChI is InChI=1S/C14H17NS/c1-10-9-16-14-3-2-12(8-13(10)14)11-4-6-15-7-5-11/h2-3,8-9,11,15H,4-7H2,1H3. The Bertz CT molecular complexity index is 494. The van der Waals surface area contributed by atoms with E-state index < -0.39 is 0 Å². The molecular formula is C14H17NS. The van der Waals surface area contributed by atoms with E-state index in [1.54, 1.807) is 0 Å². The molecule has 0 radical (unpaired) electrons. The number of aryl methyl sites for hydroxylation is 1. The Morgan fingerprint density at radius 1 is 1.25 bits per heavy atom.